The predicted octanol–water partition coefficient (Wildman–Crippen LogP) is 5.16. The fraction of sp³-hybridized carbons (Fsp3) is 1.00. The Morgan fingerprint density at radius 1 is 0.759 bits per heavy atom. The van der Waals surface area contributed by atoms with Gasteiger partial charge in [-0.3, -0.25) is 0 Å². The van der Waals surface area contributed by atoms with Crippen molar-refractivity contribution in [2.24, 2.45) is 0 Å². The monoisotopic (exact) mass is 408 g/mol. The molecule has 0 amide bonds. The van der Waals surface area contributed by atoms with Gasteiger partial charge in [-0.2, -0.15) is 0 Å². The highest BCUT2D eigenvalue weighted by Gasteiger charge is 2.59. The van der Waals surface area contributed by atoms with Crippen molar-refractivity contribution in [3.63, 3.8) is 0 Å². The van der Waals surface area contributed by atoms with Crippen LogP contribution in [0.2, 0.25) is 0 Å². The molecular formula is C25H50N3O+2. The van der Waals surface area contributed by atoms with E-state index in [2.05, 4.69) is 35.0 Å². The maximum Gasteiger partial charge on any atom is 0.0927 e. The van der Waals surface area contributed by atoms with E-state index in [-0.39, 0.29) is 11.1 Å². The van der Waals surface area contributed by atoms with Gasteiger partial charge < -0.3 is 8.97 Å². The van der Waals surface area contributed by atoms with Gasteiger partial charge in [-0.25, -0.2) is 0 Å². The highest BCUT2D eigenvalue weighted by atomic mass is 16.5. The van der Waals surface area contributed by atoms with E-state index < -0.39 is 0 Å². The summed E-state index contributed by atoms with van der Waals surface area (Å²) in [6, 6.07) is 0.680. The molecule has 0 atom stereocenters. The number of piperidine rings is 1. The lowest BCUT2D eigenvalue weighted by molar-refractivity contribution is -0.955. The van der Waals surface area contributed by atoms with Crippen LogP contribution in [0.1, 0.15) is 97.3 Å². The summed E-state index contributed by atoms with van der Waals surface area (Å²) in [5.74, 6) is 0. The second-order valence-corrected chi connectivity index (χ2v) is 11.9. The molecule has 1 radical (unpaired) electrons. The highest BCUT2D eigenvalue weighted by molar-refractivity contribution is 5.07. The normalized spacial score (nSPS) is 28.1. The Kier molecular flexibility index (Phi) is 7.41. The van der Waals surface area contributed by atoms with Gasteiger partial charge in [0.1, 0.15) is 0 Å². The van der Waals surface area contributed by atoms with Crippen LogP contribution in [-0.4, -0.2) is 78.5 Å². The van der Waals surface area contributed by atoms with Gasteiger partial charge in [-0.05, 0) is 39.5 Å². The number of hydroxylamine groups is 2. The molecule has 2 saturated carbocycles. The summed E-state index contributed by atoms with van der Waals surface area (Å²) >= 11 is 0. The molecule has 4 nitrogen and oxygen atoms in total. The highest BCUT2D eigenvalue weighted by Crippen LogP contribution is 2.52. The van der Waals surface area contributed by atoms with Crippen molar-refractivity contribution in [2.75, 3.05) is 47.3 Å². The molecule has 0 aromatic carbocycles. The minimum absolute atomic E-state index is 0.0492. The zero-order chi connectivity index (χ0) is 21.2. The van der Waals surface area contributed by atoms with Crippen LogP contribution in [0.15, 0.2) is 0 Å². The molecule has 0 unspecified atom stereocenters. The molecule has 0 bridgehead atoms. The Bertz CT molecular complexity index is 483. The third-order valence-corrected chi connectivity index (χ3v) is 9.13. The molecule has 1 saturated heterocycles. The lowest BCUT2D eigenvalue weighted by Gasteiger charge is -2.61. The Labute approximate surface area is 181 Å². The van der Waals surface area contributed by atoms with Crippen molar-refractivity contribution in [1.29, 1.82) is 0 Å². The van der Waals surface area contributed by atoms with Gasteiger partial charge in [-0.15, -0.1) is 10.3 Å². The van der Waals surface area contributed by atoms with E-state index in [9.17, 15) is 5.21 Å². The summed E-state index contributed by atoms with van der Waals surface area (Å²) in [6.07, 6.45) is 15.9. The maximum atomic E-state index is 14.0. The average molecular weight is 409 g/mol. The largest absolute Gasteiger partial charge is 0.331 e. The molecule has 3 rings (SSSR count). The van der Waals surface area contributed by atoms with Crippen molar-refractivity contribution in [3.05, 3.63) is 0 Å². The first-order valence-corrected chi connectivity index (χ1v) is 12.8. The molecule has 3 fully saturated rings. The fourth-order valence-corrected chi connectivity index (χ4v) is 7.34. The van der Waals surface area contributed by atoms with Crippen LogP contribution >= 0.6 is 0 Å². The minimum Gasteiger partial charge on any atom is -0.331 e. The summed E-state index contributed by atoms with van der Waals surface area (Å²) in [4.78, 5) is 0. The first-order valence-electron chi connectivity index (χ1n) is 12.8. The summed E-state index contributed by atoms with van der Waals surface area (Å²) in [7, 11) is 6.95. The van der Waals surface area contributed by atoms with Crippen LogP contribution < -0.4 is 0 Å². The lowest BCUT2D eigenvalue weighted by Crippen LogP contribution is -2.71. The lowest BCUT2D eigenvalue weighted by atomic mass is 9.64. The van der Waals surface area contributed by atoms with E-state index in [0.717, 1.165) is 43.0 Å². The van der Waals surface area contributed by atoms with Crippen LogP contribution in [-0.2, 0) is 5.21 Å². The van der Waals surface area contributed by atoms with Gasteiger partial charge in [0.05, 0.1) is 64.4 Å². The topological polar surface area (TPSA) is 23.1 Å². The molecular weight excluding hydrogens is 358 g/mol. The minimum atomic E-state index is -0.0492. The molecule has 29 heavy (non-hydrogen) atoms. The van der Waals surface area contributed by atoms with Crippen molar-refractivity contribution in [3.8, 4) is 0 Å². The second-order valence-electron chi connectivity index (χ2n) is 11.9. The Morgan fingerprint density at radius 2 is 1.21 bits per heavy atom. The van der Waals surface area contributed by atoms with Gasteiger partial charge >= 0.3 is 0 Å². The van der Waals surface area contributed by atoms with Gasteiger partial charge in [0.15, 0.2) is 0 Å². The van der Waals surface area contributed by atoms with Crippen LogP contribution in [0, 0.1) is 0 Å². The van der Waals surface area contributed by atoms with Gasteiger partial charge in [-0.1, -0.05) is 38.5 Å². The Morgan fingerprint density at radius 3 is 1.59 bits per heavy atom. The number of hydrogen-bond acceptors (Lipinski definition) is 1. The second kappa shape index (κ2) is 9.14. The Hall–Kier alpha value is -0.160. The fourth-order valence-electron chi connectivity index (χ4n) is 7.34. The zero-order valence-electron chi connectivity index (χ0n) is 20.3. The molecule has 169 valence electrons. The van der Waals surface area contributed by atoms with Crippen molar-refractivity contribution in [2.45, 2.75) is 114 Å². The molecule has 2 aliphatic carbocycles. The summed E-state index contributed by atoms with van der Waals surface area (Å²) in [5.41, 5.74) is -0.0983. The molecule has 3 aliphatic rings. The van der Waals surface area contributed by atoms with Crippen molar-refractivity contribution in [1.82, 2.24) is 5.06 Å². The number of hydrogen-bond donors (Lipinski definition) is 0. The van der Waals surface area contributed by atoms with Crippen LogP contribution in [0.5, 0.6) is 0 Å². The number of nitrogens with zero attached hydrogens (tertiary/aromatic N) is 3. The summed E-state index contributed by atoms with van der Waals surface area (Å²) < 4.78 is 2.30. The third kappa shape index (κ3) is 4.86. The smallest absolute Gasteiger partial charge is 0.0927 e. The molecule has 1 heterocycles. The first-order chi connectivity index (χ1) is 13.7. The average Bonchev–Trinajstić information content (AvgIpc) is 2.70. The zero-order valence-corrected chi connectivity index (χ0v) is 20.3. The molecule has 0 N–H and O–H groups in total. The van der Waals surface area contributed by atoms with Crippen molar-refractivity contribution < 1.29 is 14.2 Å². The van der Waals surface area contributed by atoms with Crippen LogP contribution in [0.3, 0.4) is 0 Å². The van der Waals surface area contributed by atoms with E-state index in [4.69, 9.17) is 0 Å². The van der Waals surface area contributed by atoms with Crippen molar-refractivity contribution >= 4 is 0 Å². The van der Waals surface area contributed by atoms with Crippen LogP contribution in [0.4, 0.5) is 0 Å². The van der Waals surface area contributed by atoms with Crippen LogP contribution in [0.25, 0.3) is 0 Å². The number of rotatable bonds is 7. The van der Waals surface area contributed by atoms with E-state index in [1.807, 2.05) is 0 Å². The van der Waals surface area contributed by atoms with E-state index in [1.54, 1.807) is 5.06 Å². The molecule has 4 heteroatoms. The predicted molar refractivity (Wildman–Crippen MR) is 121 cm³/mol. The standard InChI is InChI=1S/C25H50N3O/c1-6-28(7-2,20-14-19-27(3,4)5)23-21-24(15-10-8-11-16-24)26(29)25(22-23)17-12-9-13-18-25/h23H,6-22H2,1-5H3/q+2. The molecule has 0 aromatic rings. The molecule has 0 aromatic heterocycles. The van der Waals surface area contributed by atoms with Gasteiger partial charge in [0.25, 0.3) is 0 Å². The van der Waals surface area contributed by atoms with E-state index >= 15 is 0 Å². The summed E-state index contributed by atoms with van der Waals surface area (Å²) in [6.45, 7) is 9.82. The number of quaternary nitrogens is 2. The summed E-state index contributed by atoms with van der Waals surface area (Å²) in [5, 5.41) is 15.7. The van der Waals surface area contributed by atoms with E-state index in [0.29, 0.717) is 6.04 Å². The van der Waals surface area contributed by atoms with Gasteiger partial charge in [0.2, 0.25) is 0 Å². The van der Waals surface area contributed by atoms with Gasteiger partial charge in [0, 0.05) is 19.3 Å². The first kappa shape index (κ1) is 23.5. The molecule has 1 aliphatic heterocycles. The maximum absolute atomic E-state index is 14.0. The SMILES string of the molecule is CC[N+](CC)(CCC[N+](C)(C)C)C1CC2(CCCCC2)N([O])C2(CCCCC2)C1. The quantitative estimate of drug-likeness (QED) is 0.534. The molecule has 2 spiro atoms. The Balaban J connectivity index is 1.88. The third-order valence-electron chi connectivity index (χ3n) is 9.13. The van der Waals surface area contributed by atoms with E-state index in [1.165, 1.54) is 75.6 Å².